The molecule has 0 aromatic heterocycles. The van der Waals surface area contributed by atoms with Crippen LogP contribution in [0, 0.1) is 5.92 Å². The number of benzene rings is 1. The first kappa shape index (κ1) is 12.9. The molecular formula is C16H24N2O. The van der Waals surface area contributed by atoms with Gasteiger partial charge in [0.25, 0.3) is 0 Å². The van der Waals surface area contributed by atoms with Gasteiger partial charge in [-0.1, -0.05) is 18.2 Å². The zero-order chi connectivity index (χ0) is 13.1. The Kier molecular flexibility index (Phi) is 4.04. The normalized spacial score (nSPS) is 24.3. The zero-order valence-electron chi connectivity index (χ0n) is 11.6. The Labute approximate surface area is 115 Å². The van der Waals surface area contributed by atoms with E-state index in [1.165, 1.54) is 30.5 Å². The molecule has 0 saturated carbocycles. The van der Waals surface area contributed by atoms with Crippen molar-refractivity contribution >= 4 is 5.69 Å². The second kappa shape index (κ2) is 5.93. The number of hydrogen-bond donors (Lipinski definition) is 1. The predicted molar refractivity (Wildman–Crippen MR) is 78.6 cm³/mol. The molecule has 0 spiro atoms. The number of anilines is 1. The number of fused-ring (bicyclic) bond motifs is 1. The van der Waals surface area contributed by atoms with E-state index in [4.69, 9.17) is 10.5 Å². The highest BCUT2D eigenvalue weighted by atomic mass is 16.5. The number of nitrogens with zero attached hydrogens (tertiary/aromatic N) is 1. The summed E-state index contributed by atoms with van der Waals surface area (Å²) in [6.07, 6.45) is 3.70. The minimum absolute atomic E-state index is 0.717. The fourth-order valence-corrected chi connectivity index (χ4v) is 3.66. The molecule has 1 fully saturated rings. The summed E-state index contributed by atoms with van der Waals surface area (Å²) in [5.41, 5.74) is 8.68. The van der Waals surface area contributed by atoms with Crippen molar-refractivity contribution in [1.29, 1.82) is 0 Å². The minimum Gasteiger partial charge on any atom is -0.381 e. The molecule has 2 aliphatic heterocycles. The molecule has 1 aromatic rings. The lowest BCUT2D eigenvalue weighted by atomic mass is 9.77. The maximum absolute atomic E-state index is 5.74. The summed E-state index contributed by atoms with van der Waals surface area (Å²) >= 11 is 0. The third kappa shape index (κ3) is 2.63. The van der Waals surface area contributed by atoms with Gasteiger partial charge in [0.05, 0.1) is 0 Å². The van der Waals surface area contributed by atoms with Crippen molar-refractivity contribution in [3.05, 3.63) is 29.8 Å². The Morgan fingerprint density at radius 1 is 1.16 bits per heavy atom. The van der Waals surface area contributed by atoms with Crippen LogP contribution in [0.1, 0.15) is 30.7 Å². The van der Waals surface area contributed by atoms with E-state index in [1.807, 2.05) is 0 Å². The average molecular weight is 260 g/mol. The van der Waals surface area contributed by atoms with Crippen molar-refractivity contribution in [3.8, 4) is 0 Å². The van der Waals surface area contributed by atoms with E-state index in [1.54, 1.807) is 0 Å². The van der Waals surface area contributed by atoms with Crippen LogP contribution >= 0.6 is 0 Å². The standard InChI is InChI=1S/C16H24N2O/c17-8-10-18-9-5-14(13-6-11-19-12-7-13)15-3-1-2-4-16(15)18/h1-4,13-14H,5-12,17H2/t14-/m0/s1. The molecule has 0 unspecified atom stereocenters. The minimum atomic E-state index is 0.717. The number of para-hydroxylation sites is 1. The van der Waals surface area contributed by atoms with Crippen molar-refractivity contribution in [1.82, 2.24) is 0 Å². The molecule has 1 aromatic carbocycles. The molecule has 0 amide bonds. The molecule has 1 saturated heterocycles. The van der Waals surface area contributed by atoms with E-state index in [2.05, 4.69) is 29.2 Å². The largest absolute Gasteiger partial charge is 0.381 e. The van der Waals surface area contributed by atoms with Gasteiger partial charge in [0.2, 0.25) is 0 Å². The quantitative estimate of drug-likeness (QED) is 0.906. The van der Waals surface area contributed by atoms with Gasteiger partial charge in [-0.15, -0.1) is 0 Å². The fraction of sp³-hybridized carbons (Fsp3) is 0.625. The second-order valence-corrected chi connectivity index (χ2v) is 5.68. The van der Waals surface area contributed by atoms with E-state index in [0.29, 0.717) is 5.92 Å². The topological polar surface area (TPSA) is 38.5 Å². The SMILES string of the molecule is NCCN1CC[C@@H](C2CCOCC2)c2ccccc21. The van der Waals surface area contributed by atoms with Crippen molar-refractivity contribution in [3.63, 3.8) is 0 Å². The van der Waals surface area contributed by atoms with Gasteiger partial charge in [0, 0.05) is 38.5 Å². The Morgan fingerprint density at radius 3 is 2.74 bits per heavy atom. The lowest BCUT2D eigenvalue weighted by molar-refractivity contribution is 0.0565. The number of rotatable bonds is 3. The molecule has 1 atom stereocenters. The van der Waals surface area contributed by atoms with Crippen LogP contribution in [-0.2, 0) is 4.74 Å². The maximum Gasteiger partial charge on any atom is 0.0468 e. The van der Waals surface area contributed by atoms with Crippen LogP contribution in [0.3, 0.4) is 0 Å². The summed E-state index contributed by atoms with van der Waals surface area (Å²) in [5.74, 6) is 1.52. The van der Waals surface area contributed by atoms with Crippen molar-refractivity contribution < 1.29 is 4.74 Å². The first-order chi connectivity index (χ1) is 9.40. The molecule has 3 nitrogen and oxygen atoms in total. The number of nitrogens with two attached hydrogens (primary N) is 1. The molecule has 0 radical (unpaired) electrons. The van der Waals surface area contributed by atoms with E-state index in [-0.39, 0.29) is 0 Å². The Hall–Kier alpha value is -1.06. The van der Waals surface area contributed by atoms with Crippen molar-refractivity contribution in [2.75, 3.05) is 37.7 Å². The van der Waals surface area contributed by atoms with Crippen LogP contribution in [-0.4, -0.2) is 32.8 Å². The zero-order valence-corrected chi connectivity index (χ0v) is 11.6. The van der Waals surface area contributed by atoms with Crippen LogP contribution in [0.5, 0.6) is 0 Å². The first-order valence-electron chi connectivity index (χ1n) is 7.52. The highest BCUT2D eigenvalue weighted by molar-refractivity contribution is 5.57. The Bertz CT molecular complexity index is 415. The first-order valence-corrected chi connectivity index (χ1v) is 7.52. The van der Waals surface area contributed by atoms with E-state index in [0.717, 1.165) is 38.8 Å². The van der Waals surface area contributed by atoms with E-state index in [9.17, 15) is 0 Å². The van der Waals surface area contributed by atoms with Crippen LogP contribution < -0.4 is 10.6 Å². The van der Waals surface area contributed by atoms with Crippen LogP contribution in [0.2, 0.25) is 0 Å². The van der Waals surface area contributed by atoms with Gasteiger partial charge >= 0.3 is 0 Å². The lowest BCUT2D eigenvalue weighted by Crippen LogP contribution is -2.37. The second-order valence-electron chi connectivity index (χ2n) is 5.68. The smallest absolute Gasteiger partial charge is 0.0468 e. The molecule has 2 aliphatic rings. The predicted octanol–water partition coefficient (Wildman–Crippen LogP) is 2.37. The third-order valence-electron chi connectivity index (χ3n) is 4.62. The molecule has 2 N–H and O–H groups in total. The third-order valence-corrected chi connectivity index (χ3v) is 4.62. The number of hydrogen-bond acceptors (Lipinski definition) is 3. The van der Waals surface area contributed by atoms with Gasteiger partial charge in [-0.25, -0.2) is 0 Å². The summed E-state index contributed by atoms with van der Waals surface area (Å²) in [5, 5.41) is 0. The molecular weight excluding hydrogens is 236 g/mol. The van der Waals surface area contributed by atoms with Gasteiger partial charge in [-0.3, -0.25) is 0 Å². The van der Waals surface area contributed by atoms with E-state index >= 15 is 0 Å². The van der Waals surface area contributed by atoms with Crippen molar-refractivity contribution in [2.24, 2.45) is 11.7 Å². The summed E-state index contributed by atoms with van der Waals surface area (Å²) in [4.78, 5) is 2.45. The Morgan fingerprint density at radius 2 is 1.95 bits per heavy atom. The molecule has 2 heterocycles. The van der Waals surface area contributed by atoms with Gasteiger partial charge in [-0.2, -0.15) is 0 Å². The highest BCUT2D eigenvalue weighted by Crippen LogP contribution is 2.42. The monoisotopic (exact) mass is 260 g/mol. The summed E-state index contributed by atoms with van der Waals surface area (Å²) < 4.78 is 5.51. The molecule has 104 valence electrons. The van der Waals surface area contributed by atoms with Crippen LogP contribution in [0.15, 0.2) is 24.3 Å². The summed E-state index contributed by atoms with van der Waals surface area (Å²) in [6.45, 7) is 4.73. The average Bonchev–Trinajstić information content (AvgIpc) is 2.49. The molecule has 0 aliphatic carbocycles. The van der Waals surface area contributed by atoms with Crippen LogP contribution in [0.25, 0.3) is 0 Å². The van der Waals surface area contributed by atoms with Gasteiger partial charge in [0.1, 0.15) is 0 Å². The maximum atomic E-state index is 5.74. The lowest BCUT2D eigenvalue weighted by Gasteiger charge is -2.40. The fourth-order valence-electron chi connectivity index (χ4n) is 3.66. The summed E-state index contributed by atoms with van der Waals surface area (Å²) in [7, 11) is 0. The van der Waals surface area contributed by atoms with Crippen LogP contribution in [0.4, 0.5) is 5.69 Å². The van der Waals surface area contributed by atoms with Gasteiger partial charge in [0.15, 0.2) is 0 Å². The number of ether oxygens (including phenoxy) is 1. The van der Waals surface area contributed by atoms with Gasteiger partial charge < -0.3 is 15.4 Å². The molecule has 3 heteroatoms. The molecule has 3 rings (SSSR count). The molecule has 0 bridgehead atoms. The van der Waals surface area contributed by atoms with Gasteiger partial charge in [-0.05, 0) is 42.7 Å². The molecule has 19 heavy (non-hydrogen) atoms. The summed E-state index contributed by atoms with van der Waals surface area (Å²) in [6, 6.07) is 8.90. The Balaban J connectivity index is 1.85. The van der Waals surface area contributed by atoms with E-state index < -0.39 is 0 Å². The van der Waals surface area contributed by atoms with Crippen molar-refractivity contribution in [2.45, 2.75) is 25.2 Å². The highest BCUT2D eigenvalue weighted by Gasteiger charge is 2.31.